The number of nitrogens with one attached hydrogen (secondary N) is 1. The molecule has 3 aromatic rings. The van der Waals surface area contributed by atoms with Gasteiger partial charge in [0.25, 0.3) is 5.56 Å². The number of rotatable bonds is 4. The van der Waals surface area contributed by atoms with Crippen LogP contribution < -0.4 is 5.56 Å². The number of fused-ring (bicyclic) bond motifs is 1. The van der Waals surface area contributed by atoms with Crippen LogP contribution in [-0.2, 0) is 17.8 Å². The number of amides is 1. The zero-order valence-corrected chi connectivity index (χ0v) is 13.0. The zero-order chi connectivity index (χ0) is 14.8. The molecule has 0 radical (unpaired) electrons. The first-order chi connectivity index (χ1) is 10.1. The lowest BCUT2D eigenvalue weighted by Crippen LogP contribution is -2.29. The Hall–Kier alpha value is -1.99. The van der Waals surface area contributed by atoms with Crippen molar-refractivity contribution in [1.29, 1.82) is 0 Å². The van der Waals surface area contributed by atoms with E-state index in [2.05, 4.69) is 9.97 Å². The third-order valence-electron chi connectivity index (χ3n) is 3.11. The van der Waals surface area contributed by atoms with Crippen molar-refractivity contribution in [2.75, 3.05) is 7.05 Å². The maximum Gasteiger partial charge on any atom is 0.268 e. The second-order valence-corrected chi connectivity index (χ2v) is 6.40. The summed E-state index contributed by atoms with van der Waals surface area (Å²) in [4.78, 5) is 32.7. The highest BCUT2D eigenvalue weighted by Gasteiger charge is 2.13. The van der Waals surface area contributed by atoms with Crippen molar-refractivity contribution in [1.82, 2.24) is 14.9 Å². The molecule has 0 fully saturated rings. The van der Waals surface area contributed by atoms with E-state index in [0.717, 1.165) is 5.56 Å². The van der Waals surface area contributed by atoms with Gasteiger partial charge in [-0.15, -0.1) is 11.3 Å². The Morgan fingerprint density at radius 3 is 3.00 bits per heavy atom. The maximum atomic E-state index is 12.1. The molecule has 0 atom stereocenters. The molecule has 3 heterocycles. The summed E-state index contributed by atoms with van der Waals surface area (Å²) in [5.74, 6) is 0.508. The summed E-state index contributed by atoms with van der Waals surface area (Å²) >= 11 is 2.94. The van der Waals surface area contributed by atoms with E-state index >= 15 is 0 Å². The normalized spacial score (nSPS) is 10.9. The molecule has 0 saturated carbocycles. The average molecular weight is 319 g/mol. The number of aromatic nitrogens is 2. The molecule has 0 unspecified atom stereocenters. The number of carbonyl (C=O) groups excluding carboxylic acids is 1. The zero-order valence-electron chi connectivity index (χ0n) is 11.3. The second kappa shape index (κ2) is 5.79. The summed E-state index contributed by atoms with van der Waals surface area (Å²) in [7, 11) is 1.71. The standard InChI is InChI=1S/C14H13N3O2S2/c1-17(12(18)6-9-2-4-20-8-9)7-11-15-10-3-5-21-13(10)14(19)16-11/h2-5,8H,6-7H2,1H3,(H,15,16,19). The van der Waals surface area contributed by atoms with Gasteiger partial charge in [0.15, 0.2) is 0 Å². The molecule has 3 aromatic heterocycles. The lowest BCUT2D eigenvalue weighted by atomic mass is 10.2. The van der Waals surface area contributed by atoms with Gasteiger partial charge in [0.05, 0.1) is 18.5 Å². The van der Waals surface area contributed by atoms with E-state index in [0.29, 0.717) is 29.0 Å². The molecule has 0 aliphatic rings. The largest absolute Gasteiger partial charge is 0.338 e. The molecule has 1 N–H and O–H groups in total. The van der Waals surface area contributed by atoms with E-state index in [1.165, 1.54) is 11.3 Å². The minimum Gasteiger partial charge on any atom is -0.338 e. The summed E-state index contributed by atoms with van der Waals surface area (Å²) in [5, 5.41) is 5.75. The van der Waals surface area contributed by atoms with Crippen molar-refractivity contribution in [3.63, 3.8) is 0 Å². The molecule has 0 spiro atoms. The van der Waals surface area contributed by atoms with Crippen LogP contribution in [-0.4, -0.2) is 27.8 Å². The van der Waals surface area contributed by atoms with Crippen molar-refractivity contribution in [3.05, 3.63) is 50.0 Å². The molecule has 3 rings (SSSR count). The number of hydrogen-bond donors (Lipinski definition) is 1. The van der Waals surface area contributed by atoms with Gasteiger partial charge in [-0.25, -0.2) is 4.98 Å². The van der Waals surface area contributed by atoms with Crippen molar-refractivity contribution < 1.29 is 4.79 Å². The molecule has 0 bridgehead atoms. The minimum absolute atomic E-state index is 0.00136. The number of likely N-dealkylation sites (N-methyl/N-ethyl adjacent to an activating group) is 1. The molecule has 108 valence electrons. The van der Waals surface area contributed by atoms with Gasteiger partial charge in [0, 0.05) is 7.05 Å². The topological polar surface area (TPSA) is 66.1 Å². The molecular formula is C14H13N3O2S2. The molecule has 0 aliphatic carbocycles. The predicted molar refractivity (Wildman–Crippen MR) is 84.7 cm³/mol. The van der Waals surface area contributed by atoms with Gasteiger partial charge in [0.1, 0.15) is 10.5 Å². The van der Waals surface area contributed by atoms with Crippen LogP contribution in [0.25, 0.3) is 10.2 Å². The quantitative estimate of drug-likeness (QED) is 0.802. The molecular weight excluding hydrogens is 306 g/mol. The Kier molecular flexibility index (Phi) is 3.85. The molecule has 21 heavy (non-hydrogen) atoms. The molecule has 0 aromatic carbocycles. The highest BCUT2D eigenvalue weighted by molar-refractivity contribution is 7.17. The number of thiophene rings is 2. The number of nitrogens with zero attached hydrogens (tertiary/aromatic N) is 2. The average Bonchev–Trinajstić information content (AvgIpc) is 3.09. The minimum atomic E-state index is -0.149. The molecule has 1 amide bonds. The molecule has 0 saturated heterocycles. The fourth-order valence-corrected chi connectivity index (χ4v) is 3.41. The van der Waals surface area contributed by atoms with E-state index in [-0.39, 0.29) is 11.5 Å². The number of carbonyl (C=O) groups is 1. The van der Waals surface area contributed by atoms with Gasteiger partial charge in [-0.05, 0) is 33.8 Å². The summed E-state index contributed by atoms with van der Waals surface area (Å²) in [6.07, 6.45) is 0.366. The molecule has 0 aliphatic heterocycles. The lowest BCUT2D eigenvalue weighted by molar-refractivity contribution is -0.129. The first-order valence-electron chi connectivity index (χ1n) is 6.35. The van der Waals surface area contributed by atoms with Crippen LogP contribution in [0.5, 0.6) is 0 Å². The highest BCUT2D eigenvalue weighted by Crippen LogP contribution is 2.14. The van der Waals surface area contributed by atoms with E-state index in [1.54, 1.807) is 23.3 Å². The fraction of sp³-hybridized carbons (Fsp3) is 0.214. The van der Waals surface area contributed by atoms with Gasteiger partial charge in [0.2, 0.25) is 5.91 Å². The second-order valence-electron chi connectivity index (χ2n) is 4.71. The summed E-state index contributed by atoms with van der Waals surface area (Å²) in [6, 6.07) is 3.75. The van der Waals surface area contributed by atoms with E-state index in [4.69, 9.17) is 0 Å². The van der Waals surface area contributed by atoms with E-state index in [1.807, 2.05) is 28.3 Å². The third-order valence-corrected chi connectivity index (χ3v) is 4.75. The maximum absolute atomic E-state index is 12.1. The number of H-pyrrole nitrogens is 1. The predicted octanol–water partition coefficient (Wildman–Crippen LogP) is 2.25. The fourth-order valence-electron chi connectivity index (χ4n) is 2.01. The lowest BCUT2D eigenvalue weighted by Gasteiger charge is -2.16. The van der Waals surface area contributed by atoms with Crippen molar-refractivity contribution in [2.24, 2.45) is 0 Å². The van der Waals surface area contributed by atoms with Crippen LogP contribution in [0.2, 0.25) is 0 Å². The van der Waals surface area contributed by atoms with E-state index in [9.17, 15) is 9.59 Å². The summed E-state index contributed by atoms with van der Waals surface area (Å²) in [6.45, 7) is 0.296. The van der Waals surface area contributed by atoms with Gasteiger partial charge in [-0.1, -0.05) is 0 Å². The van der Waals surface area contributed by atoms with E-state index < -0.39 is 0 Å². The van der Waals surface area contributed by atoms with Crippen LogP contribution >= 0.6 is 22.7 Å². The molecule has 5 nitrogen and oxygen atoms in total. The highest BCUT2D eigenvalue weighted by atomic mass is 32.1. The van der Waals surface area contributed by atoms with Crippen LogP contribution in [0.4, 0.5) is 0 Å². The number of aromatic amines is 1. The Morgan fingerprint density at radius 2 is 2.24 bits per heavy atom. The first-order valence-corrected chi connectivity index (χ1v) is 8.17. The SMILES string of the molecule is CN(Cc1nc2ccsc2c(=O)[nH]1)C(=O)Cc1ccsc1. The van der Waals surface area contributed by atoms with Crippen molar-refractivity contribution >= 4 is 38.8 Å². The number of hydrogen-bond acceptors (Lipinski definition) is 5. The monoisotopic (exact) mass is 319 g/mol. The van der Waals surface area contributed by atoms with Crippen LogP contribution in [0.15, 0.2) is 33.1 Å². The van der Waals surface area contributed by atoms with Crippen LogP contribution in [0.3, 0.4) is 0 Å². The van der Waals surface area contributed by atoms with Gasteiger partial charge < -0.3 is 9.88 Å². The third kappa shape index (κ3) is 3.03. The van der Waals surface area contributed by atoms with Gasteiger partial charge in [-0.3, -0.25) is 9.59 Å². The van der Waals surface area contributed by atoms with Crippen LogP contribution in [0.1, 0.15) is 11.4 Å². The van der Waals surface area contributed by atoms with Crippen molar-refractivity contribution in [3.8, 4) is 0 Å². The smallest absolute Gasteiger partial charge is 0.268 e. The van der Waals surface area contributed by atoms with Crippen molar-refractivity contribution in [2.45, 2.75) is 13.0 Å². The Balaban J connectivity index is 1.74. The van der Waals surface area contributed by atoms with Crippen LogP contribution in [0, 0.1) is 0 Å². The summed E-state index contributed by atoms with van der Waals surface area (Å²) in [5.41, 5.74) is 1.53. The Bertz CT molecular complexity index is 820. The Labute approximate surface area is 128 Å². The Morgan fingerprint density at radius 1 is 1.38 bits per heavy atom. The summed E-state index contributed by atoms with van der Waals surface area (Å²) < 4.78 is 0.617. The van der Waals surface area contributed by atoms with Gasteiger partial charge >= 0.3 is 0 Å². The molecule has 7 heteroatoms. The first kappa shape index (κ1) is 14.0. The van der Waals surface area contributed by atoms with Gasteiger partial charge in [-0.2, -0.15) is 11.3 Å².